The Morgan fingerprint density at radius 1 is 1.46 bits per heavy atom. The number of rotatable bonds is 1. The average Bonchev–Trinajstić information content (AvgIpc) is 2.16. The highest BCUT2D eigenvalue weighted by Crippen LogP contribution is 2.10. The Morgan fingerprint density at radius 2 is 2.15 bits per heavy atom. The Labute approximate surface area is 83.9 Å². The third kappa shape index (κ3) is 2.28. The molecular weight excluding hydrogens is 184 g/mol. The third-order valence-corrected chi connectivity index (χ3v) is 2.30. The molecule has 70 valence electrons. The van der Waals surface area contributed by atoms with E-state index in [2.05, 4.69) is 16.5 Å². The van der Waals surface area contributed by atoms with Gasteiger partial charge in [0.25, 0.3) is 0 Å². The summed E-state index contributed by atoms with van der Waals surface area (Å²) in [5.41, 5.74) is 2.06. The summed E-state index contributed by atoms with van der Waals surface area (Å²) >= 11 is 5.86. The molecule has 0 saturated carbocycles. The van der Waals surface area contributed by atoms with Gasteiger partial charge in [0.1, 0.15) is 19.3 Å². The maximum absolute atomic E-state index is 5.86. The molecule has 1 aliphatic carbocycles. The molecule has 0 aromatic carbocycles. The Balaban J connectivity index is 3.11. The van der Waals surface area contributed by atoms with Gasteiger partial charge in [-0.05, 0) is 19.1 Å². The van der Waals surface area contributed by atoms with Crippen molar-refractivity contribution < 1.29 is 4.58 Å². The van der Waals surface area contributed by atoms with Gasteiger partial charge in [0.05, 0.1) is 0 Å². The van der Waals surface area contributed by atoms with Crippen LogP contribution in [0.15, 0.2) is 28.3 Å². The van der Waals surface area contributed by atoms with Gasteiger partial charge in [-0.2, -0.15) is 0 Å². The highest BCUT2D eigenvalue weighted by molar-refractivity contribution is 6.52. The van der Waals surface area contributed by atoms with E-state index in [1.165, 1.54) is 0 Å². The van der Waals surface area contributed by atoms with Crippen LogP contribution in [-0.4, -0.2) is 36.6 Å². The normalized spacial score (nSPS) is 23.4. The van der Waals surface area contributed by atoms with Crippen LogP contribution in [-0.2, 0) is 0 Å². The van der Waals surface area contributed by atoms with Gasteiger partial charge < -0.3 is 0 Å². The average molecular weight is 198 g/mol. The molecule has 0 saturated heterocycles. The van der Waals surface area contributed by atoms with E-state index in [9.17, 15) is 0 Å². The number of nitrogens with zero attached hydrogens (tertiary/aromatic N) is 2. The van der Waals surface area contributed by atoms with Crippen LogP contribution in [0.4, 0.5) is 0 Å². The van der Waals surface area contributed by atoms with Crippen molar-refractivity contribution in [3.8, 4) is 0 Å². The summed E-state index contributed by atoms with van der Waals surface area (Å²) < 4.78 is 2.14. The molecule has 2 nitrogen and oxygen atoms in total. The van der Waals surface area contributed by atoms with E-state index in [1.807, 2.05) is 25.3 Å². The largest absolute Gasteiger partial charge is 0.282 e. The Kier molecular flexibility index (Phi) is 3.43. The lowest BCUT2D eigenvalue weighted by atomic mass is 10.1. The minimum absolute atomic E-state index is 0.730. The van der Waals surface area contributed by atoms with Crippen molar-refractivity contribution in [1.29, 1.82) is 0 Å². The predicted octanol–water partition coefficient (Wildman–Crippen LogP) is 1.85. The van der Waals surface area contributed by atoms with Crippen LogP contribution >= 0.6 is 11.6 Å². The SMILES string of the molecule is CC[N+](C)=C1C=CC(Cl)=CC1=NC. The maximum Gasteiger partial charge on any atom is 0.225 e. The molecule has 0 fully saturated rings. The molecule has 0 aromatic heterocycles. The molecule has 0 spiro atoms. The van der Waals surface area contributed by atoms with Crippen LogP contribution in [0.25, 0.3) is 0 Å². The fourth-order valence-corrected chi connectivity index (χ4v) is 1.34. The number of allylic oxidation sites excluding steroid dienone is 4. The summed E-state index contributed by atoms with van der Waals surface area (Å²) in [5, 5.41) is 0.730. The first-order chi connectivity index (χ1) is 6.19. The summed E-state index contributed by atoms with van der Waals surface area (Å²) in [6.07, 6.45) is 5.76. The summed E-state index contributed by atoms with van der Waals surface area (Å²) in [4.78, 5) is 4.17. The van der Waals surface area contributed by atoms with Crippen LogP contribution in [0.2, 0.25) is 0 Å². The molecule has 3 heteroatoms. The Morgan fingerprint density at radius 3 is 2.69 bits per heavy atom. The third-order valence-electron chi connectivity index (χ3n) is 2.06. The van der Waals surface area contributed by atoms with Crippen LogP contribution in [0.1, 0.15) is 6.92 Å². The quantitative estimate of drug-likeness (QED) is 0.451. The monoisotopic (exact) mass is 197 g/mol. The smallest absolute Gasteiger partial charge is 0.225 e. The summed E-state index contributed by atoms with van der Waals surface area (Å²) in [5.74, 6) is 0. The first-order valence-corrected chi connectivity index (χ1v) is 4.67. The minimum Gasteiger partial charge on any atom is -0.282 e. The van der Waals surface area contributed by atoms with Crippen molar-refractivity contribution in [3.63, 3.8) is 0 Å². The molecule has 1 rings (SSSR count). The second kappa shape index (κ2) is 4.38. The van der Waals surface area contributed by atoms with Crippen molar-refractivity contribution in [3.05, 3.63) is 23.3 Å². The topological polar surface area (TPSA) is 15.4 Å². The van der Waals surface area contributed by atoms with Gasteiger partial charge in [0.15, 0.2) is 0 Å². The Bertz CT molecular complexity index is 322. The molecule has 0 unspecified atom stereocenters. The summed E-state index contributed by atoms with van der Waals surface area (Å²) in [6.45, 7) is 3.07. The van der Waals surface area contributed by atoms with Crippen molar-refractivity contribution in [2.24, 2.45) is 4.99 Å². The fourth-order valence-electron chi connectivity index (χ4n) is 1.17. The Hall–Kier alpha value is -0.890. The van der Waals surface area contributed by atoms with Crippen LogP contribution < -0.4 is 0 Å². The first-order valence-electron chi connectivity index (χ1n) is 4.29. The van der Waals surface area contributed by atoms with Gasteiger partial charge >= 0.3 is 0 Å². The van der Waals surface area contributed by atoms with Crippen molar-refractivity contribution >= 4 is 23.0 Å². The number of halogens is 1. The van der Waals surface area contributed by atoms with E-state index in [-0.39, 0.29) is 0 Å². The van der Waals surface area contributed by atoms with Gasteiger partial charge in [-0.15, -0.1) is 0 Å². The lowest BCUT2D eigenvalue weighted by molar-refractivity contribution is -0.490. The van der Waals surface area contributed by atoms with Gasteiger partial charge in [0, 0.05) is 18.2 Å². The van der Waals surface area contributed by atoms with E-state index in [0.717, 1.165) is 23.0 Å². The van der Waals surface area contributed by atoms with E-state index < -0.39 is 0 Å². The minimum atomic E-state index is 0.730. The van der Waals surface area contributed by atoms with Gasteiger partial charge in [-0.25, -0.2) is 4.58 Å². The highest BCUT2D eigenvalue weighted by atomic mass is 35.5. The standard InChI is InChI=1S/C10H14ClN2/c1-4-13(3)10-6-5-8(11)7-9(10)12-2/h5-7H,4H2,1-3H3/q+1. The summed E-state index contributed by atoms with van der Waals surface area (Å²) in [6, 6.07) is 0. The van der Waals surface area contributed by atoms with Crippen molar-refractivity contribution in [1.82, 2.24) is 0 Å². The number of hydrogen-bond donors (Lipinski definition) is 0. The molecule has 0 bridgehead atoms. The zero-order chi connectivity index (χ0) is 9.84. The molecular formula is C10H14ClN2+. The molecule has 0 aromatic rings. The van der Waals surface area contributed by atoms with Gasteiger partial charge in [0.2, 0.25) is 5.71 Å². The zero-order valence-electron chi connectivity index (χ0n) is 8.21. The van der Waals surface area contributed by atoms with E-state index in [1.54, 1.807) is 7.05 Å². The molecule has 0 atom stereocenters. The first kappa shape index (κ1) is 10.2. The van der Waals surface area contributed by atoms with E-state index in [0.29, 0.717) is 0 Å². The summed E-state index contributed by atoms with van der Waals surface area (Å²) in [7, 11) is 3.82. The predicted molar refractivity (Wildman–Crippen MR) is 58.2 cm³/mol. The molecule has 0 amide bonds. The lowest BCUT2D eigenvalue weighted by Crippen LogP contribution is -2.24. The van der Waals surface area contributed by atoms with Crippen LogP contribution in [0.3, 0.4) is 0 Å². The van der Waals surface area contributed by atoms with E-state index in [4.69, 9.17) is 11.6 Å². The van der Waals surface area contributed by atoms with Gasteiger partial charge in [-0.1, -0.05) is 11.6 Å². The number of hydrogen-bond acceptors (Lipinski definition) is 1. The molecule has 0 radical (unpaired) electrons. The zero-order valence-corrected chi connectivity index (χ0v) is 8.97. The molecule has 0 heterocycles. The molecule has 1 aliphatic rings. The second-order valence-electron chi connectivity index (χ2n) is 2.87. The number of aliphatic imine (C=N–C) groups is 1. The lowest BCUT2D eigenvalue weighted by Gasteiger charge is -2.05. The molecule has 13 heavy (non-hydrogen) atoms. The van der Waals surface area contributed by atoms with Crippen LogP contribution in [0.5, 0.6) is 0 Å². The van der Waals surface area contributed by atoms with Gasteiger partial charge in [-0.3, -0.25) is 4.99 Å². The molecule has 0 aliphatic heterocycles. The molecule has 0 N–H and O–H groups in total. The van der Waals surface area contributed by atoms with Crippen LogP contribution in [0, 0.1) is 0 Å². The second-order valence-corrected chi connectivity index (χ2v) is 3.31. The van der Waals surface area contributed by atoms with E-state index >= 15 is 0 Å². The maximum atomic E-state index is 5.86. The fraction of sp³-hybridized carbons (Fsp3) is 0.400. The highest BCUT2D eigenvalue weighted by Gasteiger charge is 2.15. The van der Waals surface area contributed by atoms with Crippen molar-refractivity contribution in [2.45, 2.75) is 6.92 Å². The van der Waals surface area contributed by atoms with Crippen molar-refractivity contribution in [2.75, 3.05) is 20.6 Å².